The molecular formula is C21H24N2O4. The van der Waals surface area contributed by atoms with E-state index in [1.807, 2.05) is 35.2 Å². The molecule has 1 aliphatic heterocycles. The number of phenols is 2. The molecule has 0 atom stereocenters. The topological polar surface area (TPSA) is 89.9 Å². The minimum absolute atomic E-state index is 0.0399. The maximum atomic E-state index is 12.5. The molecule has 2 aromatic rings. The van der Waals surface area contributed by atoms with E-state index in [1.54, 1.807) is 13.0 Å². The van der Waals surface area contributed by atoms with Crippen molar-refractivity contribution in [3.63, 3.8) is 0 Å². The van der Waals surface area contributed by atoms with Crippen LogP contribution in [0.4, 0.5) is 0 Å². The zero-order valence-electron chi connectivity index (χ0n) is 15.3. The van der Waals surface area contributed by atoms with Gasteiger partial charge in [0.25, 0.3) is 11.8 Å². The van der Waals surface area contributed by atoms with Gasteiger partial charge in [-0.05, 0) is 49.4 Å². The first-order valence-electron chi connectivity index (χ1n) is 9.11. The number of likely N-dealkylation sites (tertiary alicyclic amines) is 1. The predicted molar refractivity (Wildman–Crippen MR) is 102 cm³/mol. The summed E-state index contributed by atoms with van der Waals surface area (Å²) in [5.74, 6) is -0.759. The van der Waals surface area contributed by atoms with Crippen molar-refractivity contribution in [2.24, 2.45) is 5.92 Å². The van der Waals surface area contributed by atoms with Crippen LogP contribution >= 0.6 is 0 Å². The van der Waals surface area contributed by atoms with E-state index in [-0.39, 0.29) is 23.1 Å². The molecule has 0 radical (unpaired) electrons. The highest BCUT2D eigenvalue weighted by atomic mass is 16.3. The summed E-state index contributed by atoms with van der Waals surface area (Å²) in [4.78, 5) is 26.6. The number of amides is 2. The highest BCUT2D eigenvalue weighted by Gasteiger charge is 2.24. The van der Waals surface area contributed by atoms with Crippen LogP contribution in [0.15, 0.2) is 42.5 Å². The van der Waals surface area contributed by atoms with Gasteiger partial charge in [0.1, 0.15) is 0 Å². The molecule has 27 heavy (non-hydrogen) atoms. The Kier molecular flexibility index (Phi) is 5.64. The zero-order valence-corrected chi connectivity index (χ0v) is 15.3. The number of carbonyl (C=O) groups is 2. The molecule has 3 N–H and O–H groups in total. The van der Waals surface area contributed by atoms with Gasteiger partial charge in [-0.25, -0.2) is 0 Å². The van der Waals surface area contributed by atoms with Crippen LogP contribution in [-0.2, 0) is 0 Å². The van der Waals surface area contributed by atoms with E-state index in [4.69, 9.17) is 0 Å². The summed E-state index contributed by atoms with van der Waals surface area (Å²) in [6.07, 6.45) is 1.62. The Morgan fingerprint density at radius 2 is 1.70 bits per heavy atom. The molecule has 6 heteroatoms. The van der Waals surface area contributed by atoms with Crippen LogP contribution in [0, 0.1) is 12.8 Å². The number of phenolic OH excluding ortho intramolecular Hbond substituents is 2. The van der Waals surface area contributed by atoms with Crippen LogP contribution in [0.5, 0.6) is 11.5 Å². The van der Waals surface area contributed by atoms with E-state index < -0.39 is 11.7 Å². The molecule has 1 fully saturated rings. The second kappa shape index (κ2) is 8.12. The number of piperidine rings is 1. The van der Waals surface area contributed by atoms with Crippen LogP contribution in [0.25, 0.3) is 0 Å². The molecule has 2 aromatic carbocycles. The standard InChI is InChI=1S/C21H24N2O4/c1-14-7-8-17(19(25)18(14)24)20(26)22-13-15-9-11-23(12-10-15)21(27)16-5-3-2-4-6-16/h2-8,15,24-25H,9-13H2,1H3,(H,22,26). The minimum Gasteiger partial charge on any atom is -0.504 e. The van der Waals surface area contributed by atoms with Crippen LogP contribution in [-0.4, -0.2) is 46.6 Å². The molecule has 0 aliphatic carbocycles. The number of rotatable bonds is 4. The van der Waals surface area contributed by atoms with Gasteiger partial charge < -0.3 is 20.4 Å². The molecule has 1 aliphatic rings. The number of hydrogen-bond acceptors (Lipinski definition) is 4. The average molecular weight is 368 g/mol. The number of hydrogen-bond donors (Lipinski definition) is 3. The Labute approximate surface area is 158 Å². The quantitative estimate of drug-likeness (QED) is 0.724. The Morgan fingerprint density at radius 3 is 2.37 bits per heavy atom. The summed E-state index contributed by atoms with van der Waals surface area (Å²) in [6, 6.07) is 12.3. The molecule has 3 rings (SSSR count). The summed E-state index contributed by atoms with van der Waals surface area (Å²) in [7, 11) is 0. The van der Waals surface area contributed by atoms with E-state index in [2.05, 4.69) is 5.32 Å². The van der Waals surface area contributed by atoms with E-state index in [1.165, 1.54) is 6.07 Å². The highest BCUT2D eigenvalue weighted by molar-refractivity contribution is 5.97. The summed E-state index contributed by atoms with van der Waals surface area (Å²) in [5.41, 5.74) is 1.27. The highest BCUT2D eigenvalue weighted by Crippen LogP contribution is 2.32. The average Bonchev–Trinajstić information content (AvgIpc) is 2.71. The molecule has 142 valence electrons. The van der Waals surface area contributed by atoms with Crippen LogP contribution in [0.1, 0.15) is 39.1 Å². The molecule has 0 aromatic heterocycles. The lowest BCUT2D eigenvalue weighted by atomic mass is 9.96. The van der Waals surface area contributed by atoms with Gasteiger partial charge in [0.15, 0.2) is 11.5 Å². The lowest BCUT2D eigenvalue weighted by molar-refractivity contribution is 0.0684. The van der Waals surface area contributed by atoms with Crippen molar-refractivity contribution in [2.75, 3.05) is 19.6 Å². The van der Waals surface area contributed by atoms with Gasteiger partial charge in [0, 0.05) is 25.2 Å². The van der Waals surface area contributed by atoms with Crippen molar-refractivity contribution in [2.45, 2.75) is 19.8 Å². The van der Waals surface area contributed by atoms with E-state index in [0.29, 0.717) is 30.8 Å². The fourth-order valence-electron chi connectivity index (χ4n) is 3.30. The third-order valence-corrected chi connectivity index (χ3v) is 5.07. The maximum Gasteiger partial charge on any atom is 0.255 e. The molecule has 0 unspecified atom stereocenters. The smallest absolute Gasteiger partial charge is 0.255 e. The van der Waals surface area contributed by atoms with E-state index >= 15 is 0 Å². The molecule has 0 spiro atoms. The second-order valence-corrected chi connectivity index (χ2v) is 6.94. The zero-order chi connectivity index (χ0) is 19.4. The Morgan fingerprint density at radius 1 is 1.04 bits per heavy atom. The van der Waals surface area contributed by atoms with Gasteiger partial charge in [-0.1, -0.05) is 24.3 Å². The molecule has 2 amide bonds. The van der Waals surface area contributed by atoms with Gasteiger partial charge in [-0.15, -0.1) is 0 Å². The molecule has 1 heterocycles. The monoisotopic (exact) mass is 368 g/mol. The number of aromatic hydroxyl groups is 2. The Balaban J connectivity index is 1.51. The number of nitrogens with zero attached hydrogens (tertiary/aromatic N) is 1. The molecule has 0 saturated carbocycles. The second-order valence-electron chi connectivity index (χ2n) is 6.94. The van der Waals surface area contributed by atoms with Crippen molar-refractivity contribution < 1.29 is 19.8 Å². The van der Waals surface area contributed by atoms with Gasteiger partial charge >= 0.3 is 0 Å². The SMILES string of the molecule is Cc1ccc(C(=O)NCC2CCN(C(=O)c3ccccc3)CC2)c(O)c1O. The first-order valence-corrected chi connectivity index (χ1v) is 9.11. The van der Waals surface area contributed by atoms with Crippen molar-refractivity contribution in [1.29, 1.82) is 0 Å². The third-order valence-electron chi connectivity index (χ3n) is 5.07. The minimum atomic E-state index is -0.411. The van der Waals surface area contributed by atoms with Gasteiger partial charge in [0.2, 0.25) is 0 Å². The number of carbonyl (C=O) groups excluding carboxylic acids is 2. The molecular weight excluding hydrogens is 344 g/mol. The first-order chi connectivity index (χ1) is 13.0. The Bertz CT molecular complexity index is 828. The van der Waals surface area contributed by atoms with Gasteiger partial charge in [-0.3, -0.25) is 9.59 Å². The summed E-state index contributed by atoms with van der Waals surface area (Å²) in [6.45, 7) is 3.44. The summed E-state index contributed by atoms with van der Waals surface area (Å²) >= 11 is 0. The van der Waals surface area contributed by atoms with Gasteiger partial charge in [-0.2, -0.15) is 0 Å². The fraction of sp³-hybridized carbons (Fsp3) is 0.333. The van der Waals surface area contributed by atoms with Crippen LogP contribution in [0.3, 0.4) is 0 Å². The molecule has 6 nitrogen and oxygen atoms in total. The largest absolute Gasteiger partial charge is 0.504 e. The molecule has 1 saturated heterocycles. The van der Waals surface area contributed by atoms with Crippen molar-refractivity contribution in [3.8, 4) is 11.5 Å². The van der Waals surface area contributed by atoms with Crippen molar-refractivity contribution in [1.82, 2.24) is 10.2 Å². The summed E-state index contributed by atoms with van der Waals surface area (Å²) in [5, 5.41) is 22.5. The fourth-order valence-corrected chi connectivity index (χ4v) is 3.30. The lowest BCUT2D eigenvalue weighted by Gasteiger charge is -2.32. The number of aryl methyl sites for hydroxylation is 1. The van der Waals surface area contributed by atoms with Crippen LogP contribution < -0.4 is 5.32 Å². The van der Waals surface area contributed by atoms with Gasteiger partial charge in [0.05, 0.1) is 5.56 Å². The normalized spacial score (nSPS) is 14.8. The van der Waals surface area contributed by atoms with Crippen molar-refractivity contribution >= 4 is 11.8 Å². The van der Waals surface area contributed by atoms with Crippen LogP contribution in [0.2, 0.25) is 0 Å². The third kappa shape index (κ3) is 4.22. The first kappa shape index (κ1) is 18.8. The van der Waals surface area contributed by atoms with E-state index in [9.17, 15) is 19.8 Å². The summed E-state index contributed by atoms with van der Waals surface area (Å²) < 4.78 is 0. The number of benzene rings is 2. The maximum absolute atomic E-state index is 12.5. The number of nitrogens with one attached hydrogen (secondary N) is 1. The lowest BCUT2D eigenvalue weighted by Crippen LogP contribution is -2.41. The molecule has 0 bridgehead atoms. The predicted octanol–water partition coefficient (Wildman–Crippen LogP) is 2.69. The van der Waals surface area contributed by atoms with E-state index in [0.717, 1.165) is 12.8 Å². The Hall–Kier alpha value is -3.02. The van der Waals surface area contributed by atoms with Crippen molar-refractivity contribution in [3.05, 3.63) is 59.2 Å².